The molecule has 0 atom stereocenters. The van der Waals surface area contributed by atoms with Gasteiger partial charge in [0.05, 0.1) is 10.6 Å². The molecule has 7 heteroatoms. The highest BCUT2D eigenvalue weighted by Gasteiger charge is 2.26. The lowest BCUT2D eigenvalue weighted by molar-refractivity contribution is -0.119. The van der Waals surface area contributed by atoms with Crippen LogP contribution in [0.1, 0.15) is 19.8 Å². The van der Waals surface area contributed by atoms with Gasteiger partial charge in [0.25, 0.3) is 10.0 Å². The topological polar surface area (TPSA) is 66.5 Å². The first-order chi connectivity index (χ1) is 11.9. The molecule has 0 saturated heterocycles. The fourth-order valence-electron chi connectivity index (χ4n) is 2.23. The lowest BCUT2D eigenvalue weighted by atomic mass is 10.3. The molecular formula is C18H21FN2O3S. The highest BCUT2D eigenvalue weighted by Crippen LogP contribution is 2.23. The third kappa shape index (κ3) is 5.03. The number of nitrogens with zero attached hydrogens (tertiary/aromatic N) is 1. The van der Waals surface area contributed by atoms with E-state index in [9.17, 15) is 17.6 Å². The van der Waals surface area contributed by atoms with E-state index in [2.05, 4.69) is 5.32 Å². The molecule has 0 saturated carbocycles. The molecule has 25 heavy (non-hydrogen) atoms. The van der Waals surface area contributed by atoms with Crippen LogP contribution in [0, 0.1) is 5.82 Å². The number of amides is 1. The second kappa shape index (κ2) is 8.62. The van der Waals surface area contributed by atoms with Gasteiger partial charge in [0.15, 0.2) is 0 Å². The van der Waals surface area contributed by atoms with Crippen LogP contribution in [0.3, 0.4) is 0 Å². The maximum absolute atomic E-state index is 13.2. The average Bonchev–Trinajstić information content (AvgIpc) is 2.61. The van der Waals surface area contributed by atoms with Gasteiger partial charge in [0, 0.05) is 6.54 Å². The molecular weight excluding hydrogens is 343 g/mol. The Labute approximate surface area is 147 Å². The number of carbonyl (C=O) groups is 1. The summed E-state index contributed by atoms with van der Waals surface area (Å²) >= 11 is 0. The summed E-state index contributed by atoms with van der Waals surface area (Å²) in [4.78, 5) is 12.2. The van der Waals surface area contributed by atoms with E-state index in [-0.39, 0.29) is 17.1 Å². The van der Waals surface area contributed by atoms with E-state index < -0.39 is 21.7 Å². The summed E-state index contributed by atoms with van der Waals surface area (Å²) in [6, 6.07) is 12.9. The average molecular weight is 364 g/mol. The number of unbranched alkanes of at least 4 members (excludes halogenated alkanes) is 1. The lowest BCUT2D eigenvalue weighted by Crippen LogP contribution is -2.41. The lowest BCUT2D eigenvalue weighted by Gasteiger charge is -2.24. The summed E-state index contributed by atoms with van der Waals surface area (Å²) in [6.45, 7) is 2.11. The smallest absolute Gasteiger partial charge is 0.264 e. The maximum atomic E-state index is 13.2. The first-order valence-corrected chi connectivity index (χ1v) is 9.49. The number of rotatable bonds is 8. The molecule has 2 aromatic rings. The Hall–Kier alpha value is -2.41. The fourth-order valence-corrected chi connectivity index (χ4v) is 3.68. The number of hydrogen-bond donors (Lipinski definition) is 1. The normalized spacial score (nSPS) is 11.1. The van der Waals surface area contributed by atoms with Gasteiger partial charge in [-0.1, -0.05) is 31.5 Å². The van der Waals surface area contributed by atoms with Crippen LogP contribution in [-0.2, 0) is 14.8 Å². The van der Waals surface area contributed by atoms with E-state index in [0.29, 0.717) is 6.54 Å². The van der Waals surface area contributed by atoms with Gasteiger partial charge >= 0.3 is 0 Å². The van der Waals surface area contributed by atoms with Gasteiger partial charge in [-0.3, -0.25) is 9.10 Å². The van der Waals surface area contributed by atoms with Crippen LogP contribution in [0.4, 0.5) is 10.1 Å². The van der Waals surface area contributed by atoms with Crippen molar-refractivity contribution in [2.45, 2.75) is 24.7 Å². The predicted molar refractivity (Wildman–Crippen MR) is 95.3 cm³/mol. The van der Waals surface area contributed by atoms with Crippen LogP contribution in [-0.4, -0.2) is 27.4 Å². The van der Waals surface area contributed by atoms with Gasteiger partial charge in [-0.25, -0.2) is 12.8 Å². The second-order valence-electron chi connectivity index (χ2n) is 5.50. The number of sulfonamides is 1. The molecule has 2 rings (SSSR count). The van der Waals surface area contributed by atoms with Crippen molar-refractivity contribution in [2.24, 2.45) is 0 Å². The molecule has 0 aliphatic carbocycles. The Kier molecular flexibility index (Phi) is 6.52. The zero-order valence-electron chi connectivity index (χ0n) is 14.0. The van der Waals surface area contributed by atoms with E-state index in [1.165, 1.54) is 24.3 Å². The van der Waals surface area contributed by atoms with E-state index in [1.807, 2.05) is 6.92 Å². The molecule has 0 aliphatic rings. The highest BCUT2D eigenvalue weighted by atomic mass is 32.2. The second-order valence-corrected chi connectivity index (χ2v) is 7.37. The molecule has 0 radical (unpaired) electrons. The minimum atomic E-state index is -3.94. The monoisotopic (exact) mass is 364 g/mol. The summed E-state index contributed by atoms with van der Waals surface area (Å²) in [5, 5.41) is 2.70. The largest absolute Gasteiger partial charge is 0.355 e. The first kappa shape index (κ1) is 18.9. The van der Waals surface area contributed by atoms with Crippen molar-refractivity contribution >= 4 is 21.6 Å². The highest BCUT2D eigenvalue weighted by molar-refractivity contribution is 7.92. The molecule has 0 bridgehead atoms. The zero-order valence-corrected chi connectivity index (χ0v) is 14.8. The van der Waals surface area contributed by atoms with Crippen molar-refractivity contribution in [2.75, 3.05) is 17.4 Å². The molecule has 134 valence electrons. The molecule has 0 heterocycles. The van der Waals surface area contributed by atoms with Crippen molar-refractivity contribution < 1.29 is 17.6 Å². The zero-order chi connectivity index (χ0) is 18.3. The summed E-state index contributed by atoms with van der Waals surface area (Å²) in [7, 11) is -3.94. The molecule has 0 unspecified atom stereocenters. The van der Waals surface area contributed by atoms with Crippen LogP contribution < -0.4 is 9.62 Å². The molecule has 0 aliphatic heterocycles. The quantitative estimate of drug-likeness (QED) is 0.733. The number of benzene rings is 2. The van der Waals surface area contributed by atoms with Crippen LogP contribution in [0.5, 0.6) is 0 Å². The summed E-state index contributed by atoms with van der Waals surface area (Å²) in [5.74, 6) is -0.884. The minimum Gasteiger partial charge on any atom is -0.355 e. The molecule has 0 fully saturated rings. The van der Waals surface area contributed by atoms with Gasteiger partial charge in [0.1, 0.15) is 12.4 Å². The van der Waals surface area contributed by atoms with E-state index >= 15 is 0 Å². The maximum Gasteiger partial charge on any atom is 0.264 e. The molecule has 0 aromatic heterocycles. The molecule has 1 N–H and O–H groups in total. The predicted octanol–water partition coefficient (Wildman–Crippen LogP) is 2.94. The van der Waals surface area contributed by atoms with Crippen LogP contribution in [0.2, 0.25) is 0 Å². The number of halogens is 1. The van der Waals surface area contributed by atoms with Crippen molar-refractivity contribution in [3.63, 3.8) is 0 Å². The molecule has 2 aromatic carbocycles. The number of hydrogen-bond acceptors (Lipinski definition) is 3. The Bertz CT molecular complexity index is 793. The van der Waals surface area contributed by atoms with E-state index in [0.717, 1.165) is 29.3 Å². The Morgan fingerprint density at radius 1 is 1.08 bits per heavy atom. The van der Waals surface area contributed by atoms with Crippen molar-refractivity contribution in [1.82, 2.24) is 5.32 Å². The van der Waals surface area contributed by atoms with Crippen molar-refractivity contribution in [3.8, 4) is 0 Å². The van der Waals surface area contributed by atoms with E-state index in [1.54, 1.807) is 18.2 Å². The van der Waals surface area contributed by atoms with Gasteiger partial charge in [-0.15, -0.1) is 0 Å². The summed E-state index contributed by atoms with van der Waals surface area (Å²) in [6.07, 6.45) is 1.73. The Balaban J connectivity index is 2.32. The third-order valence-corrected chi connectivity index (χ3v) is 5.37. The Morgan fingerprint density at radius 2 is 1.72 bits per heavy atom. The summed E-state index contributed by atoms with van der Waals surface area (Å²) in [5.41, 5.74) is 0.232. The molecule has 0 spiro atoms. The number of nitrogens with one attached hydrogen (secondary N) is 1. The number of carbonyl (C=O) groups excluding carboxylic acids is 1. The van der Waals surface area contributed by atoms with Gasteiger partial charge in [-0.2, -0.15) is 0 Å². The van der Waals surface area contributed by atoms with Gasteiger partial charge in [-0.05, 0) is 42.8 Å². The van der Waals surface area contributed by atoms with Crippen molar-refractivity contribution in [1.29, 1.82) is 0 Å². The van der Waals surface area contributed by atoms with E-state index in [4.69, 9.17) is 0 Å². The van der Waals surface area contributed by atoms with Crippen molar-refractivity contribution in [3.05, 3.63) is 60.4 Å². The number of anilines is 1. The third-order valence-electron chi connectivity index (χ3n) is 3.59. The SMILES string of the molecule is CCCCNC(=O)CN(c1ccc(F)cc1)S(=O)(=O)c1ccccc1. The molecule has 5 nitrogen and oxygen atoms in total. The summed E-state index contributed by atoms with van der Waals surface area (Å²) < 4.78 is 40.1. The van der Waals surface area contributed by atoms with Gasteiger partial charge < -0.3 is 5.32 Å². The Morgan fingerprint density at radius 3 is 2.32 bits per heavy atom. The standard InChI is InChI=1S/C18H21FN2O3S/c1-2-3-13-20-18(22)14-21(16-11-9-15(19)10-12-16)25(23,24)17-7-5-4-6-8-17/h4-12H,2-3,13-14H2,1H3,(H,20,22). The fraction of sp³-hybridized carbons (Fsp3) is 0.278. The van der Waals surface area contributed by atoms with Crippen LogP contribution >= 0.6 is 0 Å². The first-order valence-electron chi connectivity index (χ1n) is 8.05. The van der Waals surface area contributed by atoms with Gasteiger partial charge in [0.2, 0.25) is 5.91 Å². The van der Waals surface area contributed by atoms with Crippen LogP contribution in [0.25, 0.3) is 0 Å². The minimum absolute atomic E-state index is 0.0701. The van der Waals surface area contributed by atoms with Crippen LogP contribution in [0.15, 0.2) is 59.5 Å². The molecule has 1 amide bonds.